The Kier molecular flexibility index (Phi) is 21.8. The number of esters is 1. The van der Waals surface area contributed by atoms with Gasteiger partial charge in [0.2, 0.25) is 0 Å². The number of rotatable bonds is 25. The van der Waals surface area contributed by atoms with Crippen LogP contribution >= 0.6 is 0 Å². The number of hydrogen-bond acceptors (Lipinski definition) is 11. The van der Waals surface area contributed by atoms with E-state index in [2.05, 4.69) is 5.32 Å². The van der Waals surface area contributed by atoms with Crippen LogP contribution in [0.2, 0.25) is 0 Å². The van der Waals surface area contributed by atoms with Crippen molar-refractivity contribution in [2.45, 2.75) is 33.0 Å². The zero-order chi connectivity index (χ0) is 29.2. The molecule has 0 saturated heterocycles. The smallest absolute Gasteiger partial charge is 0.407 e. The van der Waals surface area contributed by atoms with Crippen molar-refractivity contribution in [1.82, 2.24) is 5.32 Å². The van der Waals surface area contributed by atoms with Gasteiger partial charge in [-0.3, -0.25) is 0 Å². The molecule has 0 atom stereocenters. The maximum atomic E-state index is 11.6. The van der Waals surface area contributed by atoms with Crippen LogP contribution < -0.4 is 5.32 Å². The van der Waals surface area contributed by atoms with E-state index in [9.17, 15) is 9.59 Å². The van der Waals surface area contributed by atoms with Crippen LogP contribution in [0.5, 0.6) is 0 Å². The van der Waals surface area contributed by atoms with Crippen molar-refractivity contribution >= 4 is 12.1 Å². The Bertz CT molecular complexity index is 744. The first-order chi connectivity index (χ1) is 19.4. The standard InChI is InChI=1S/C28H47NO11/c1-28(2,3)40-26(30)24-38-22-21-37-20-19-36-18-17-35-16-15-34-14-13-33-12-11-32-10-9-29-27(31)39-23-25-7-5-4-6-8-25/h4-8H,9-24H2,1-3H3,(H,29,31). The Hall–Kier alpha value is -2.32. The summed E-state index contributed by atoms with van der Waals surface area (Å²) in [5.41, 5.74) is 0.422. The molecule has 1 aromatic carbocycles. The molecule has 1 amide bonds. The van der Waals surface area contributed by atoms with Gasteiger partial charge in [-0.2, -0.15) is 0 Å². The SMILES string of the molecule is CC(C)(C)OC(=O)COCCOCCOCCOCCOCCOCCOCCNC(=O)OCc1ccccc1. The number of hydrogen-bond donors (Lipinski definition) is 1. The van der Waals surface area contributed by atoms with E-state index < -0.39 is 17.7 Å². The molecule has 0 aliphatic carbocycles. The molecule has 0 aromatic heterocycles. The van der Waals surface area contributed by atoms with E-state index in [1.807, 2.05) is 51.1 Å². The normalized spacial score (nSPS) is 11.4. The molecule has 0 unspecified atom stereocenters. The zero-order valence-electron chi connectivity index (χ0n) is 24.2. The number of alkyl carbamates (subject to hydrolysis) is 1. The molecule has 0 aliphatic heterocycles. The van der Waals surface area contributed by atoms with Crippen LogP contribution in [-0.4, -0.2) is 117 Å². The number of amides is 1. The van der Waals surface area contributed by atoms with E-state index in [-0.39, 0.29) is 13.2 Å². The van der Waals surface area contributed by atoms with E-state index >= 15 is 0 Å². The summed E-state index contributed by atoms with van der Waals surface area (Å²) in [6.45, 7) is 11.6. The van der Waals surface area contributed by atoms with E-state index in [1.54, 1.807) is 0 Å². The van der Waals surface area contributed by atoms with Crippen molar-refractivity contribution in [2.24, 2.45) is 0 Å². The fourth-order valence-corrected chi connectivity index (χ4v) is 2.85. The molecule has 0 spiro atoms. The minimum atomic E-state index is -0.513. The van der Waals surface area contributed by atoms with Crippen LogP contribution in [0.25, 0.3) is 0 Å². The highest BCUT2D eigenvalue weighted by Crippen LogP contribution is 2.06. The number of benzene rings is 1. The summed E-state index contributed by atoms with van der Waals surface area (Å²) in [4.78, 5) is 23.1. The molecule has 0 aliphatic rings. The quantitative estimate of drug-likeness (QED) is 0.137. The lowest BCUT2D eigenvalue weighted by atomic mass is 10.2. The van der Waals surface area contributed by atoms with Gasteiger partial charge in [0.1, 0.15) is 18.8 Å². The fourth-order valence-electron chi connectivity index (χ4n) is 2.85. The van der Waals surface area contributed by atoms with Crippen LogP contribution in [0, 0.1) is 0 Å². The molecule has 230 valence electrons. The van der Waals surface area contributed by atoms with Gasteiger partial charge in [-0.05, 0) is 26.3 Å². The molecular weight excluding hydrogens is 526 g/mol. The number of carbonyl (C=O) groups excluding carboxylic acids is 2. The van der Waals surface area contributed by atoms with Gasteiger partial charge >= 0.3 is 12.1 Å². The predicted molar refractivity (Wildman–Crippen MR) is 146 cm³/mol. The number of ether oxygens (including phenoxy) is 9. The Morgan fingerprint density at radius 1 is 0.625 bits per heavy atom. The van der Waals surface area contributed by atoms with Gasteiger partial charge in [0.15, 0.2) is 0 Å². The summed E-state index contributed by atoms with van der Waals surface area (Å²) in [5.74, 6) is -0.390. The predicted octanol–water partition coefficient (Wildman–Crippen LogP) is 2.37. The van der Waals surface area contributed by atoms with Crippen molar-refractivity contribution in [3.63, 3.8) is 0 Å². The highest BCUT2D eigenvalue weighted by atomic mass is 16.6. The van der Waals surface area contributed by atoms with Crippen LogP contribution in [0.3, 0.4) is 0 Å². The second kappa shape index (κ2) is 24.5. The average Bonchev–Trinajstić information content (AvgIpc) is 2.92. The average molecular weight is 574 g/mol. The molecule has 1 rings (SSSR count). The van der Waals surface area contributed by atoms with Crippen LogP contribution in [0.4, 0.5) is 4.79 Å². The van der Waals surface area contributed by atoms with E-state index in [0.717, 1.165) is 5.56 Å². The summed E-state index contributed by atoms with van der Waals surface area (Å²) in [7, 11) is 0. The molecule has 1 N–H and O–H groups in total. The van der Waals surface area contributed by atoms with E-state index in [4.69, 9.17) is 42.6 Å². The van der Waals surface area contributed by atoms with Crippen LogP contribution in [0.15, 0.2) is 30.3 Å². The first kappa shape index (κ1) is 35.7. The van der Waals surface area contributed by atoms with Crippen molar-refractivity contribution in [3.05, 3.63) is 35.9 Å². The summed E-state index contributed by atoms with van der Waals surface area (Å²) < 4.78 is 47.9. The fraction of sp³-hybridized carbons (Fsp3) is 0.714. The summed E-state index contributed by atoms with van der Waals surface area (Å²) in [6, 6.07) is 9.49. The lowest BCUT2D eigenvalue weighted by Crippen LogP contribution is -2.28. The summed E-state index contributed by atoms with van der Waals surface area (Å²) >= 11 is 0. The molecule has 0 bridgehead atoms. The first-order valence-corrected chi connectivity index (χ1v) is 13.6. The second-order valence-electron chi connectivity index (χ2n) is 9.30. The molecule has 12 nitrogen and oxygen atoms in total. The van der Waals surface area contributed by atoms with Crippen LogP contribution in [0.1, 0.15) is 26.3 Å². The molecule has 0 fully saturated rings. The Morgan fingerprint density at radius 2 is 1.05 bits per heavy atom. The van der Waals surface area contributed by atoms with Gasteiger partial charge in [-0.1, -0.05) is 30.3 Å². The van der Waals surface area contributed by atoms with E-state index in [1.165, 1.54) is 0 Å². The first-order valence-electron chi connectivity index (χ1n) is 13.6. The molecule has 0 saturated carbocycles. The number of carbonyl (C=O) groups is 2. The third-order valence-corrected chi connectivity index (χ3v) is 4.60. The highest BCUT2D eigenvalue weighted by molar-refractivity contribution is 5.71. The third-order valence-electron chi connectivity index (χ3n) is 4.60. The molecular formula is C28H47NO11. The monoisotopic (exact) mass is 573 g/mol. The lowest BCUT2D eigenvalue weighted by molar-refractivity contribution is -0.160. The molecule has 12 heteroatoms. The maximum absolute atomic E-state index is 11.6. The maximum Gasteiger partial charge on any atom is 0.407 e. The van der Waals surface area contributed by atoms with Crippen molar-refractivity contribution in [1.29, 1.82) is 0 Å². The van der Waals surface area contributed by atoms with Crippen molar-refractivity contribution in [2.75, 3.05) is 99.0 Å². The molecule has 0 radical (unpaired) electrons. The minimum Gasteiger partial charge on any atom is -0.458 e. The van der Waals surface area contributed by atoms with Gasteiger partial charge in [-0.15, -0.1) is 0 Å². The Balaban J connectivity index is 1.70. The number of nitrogens with one attached hydrogen (secondary N) is 1. The highest BCUT2D eigenvalue weighted by Gasteiger charge is 2.15. The van der Waals surface area contributed by atoms with Gasteiger partial charge < -0.3 is 47.9 Å². The van der Waals surface area contributed by atoms with Gasteiger partial charge in [0.25, 0.3) is 0 Å². The van der Waals surface area contributed by atoms with Gasteiger partial charge in [0.05, 0.1) is 85.9 Å². The Morgan fingerprint density at radius 3 is 1.50 bits per heavy atom. The topological polar surface area (TPSA) is 129 Å². The lowest BCUT2D eigenvalue weighted by Gasteiger charge is -2.19. The van der Waals surface area contributed by atoms with E-state index in [0.29, 0.717) is 92.4 Å². The largest absolute Gasteiger partial charge is 0.458 e. The molecule has 1 aromatic rings. The summed E-state index contributed by atoms with van der Waals surface area (Å²) in [5, 5.41) is 2.63. The second-order valence-corrected chi connectivity index (χ2v) is 9.30. The summed E-state index contributed by atoms with van der Waals surface area (Å²) in [6.07, 6.45) is -0.473. The van der Waals surface area contributed by atoms with Crippen LogP contribution in [-0.2, 0) is 54.0 Å². The minimum absolute atomic E-state index is 0.0867. The van der Waals surface area contributed by atoms with Crippen molar-refractivity contribution < 1.29 is 52.2 Å². The zero-order valence-corrected chi connectivity index (χ0v) is 24.2. The van der Waals surface area contributed by atoms with Crippen molar-refractivity contribution in [3.8, 4) is 0 Å². The third kappa shape index (κ3) is 24.7. The Labute approximate surface area is 237 Å². The molecule has 0 heterocycles. The van der Waals surface area contributed by atoms with Gasteiger partial charge in [-0.25, -0.2) is 9.59 Å². The van der Waals surface area contributed by atoms with Gasteiger partial charge in [0, 0.05) is 6.54 Å². The molecule has 40 heavy (non-hydrogen) atoms.